The summed E-state index contributed by atoms with van der Waals surface area (Å²) < 4.78 is 11.5. The molecule has 0 fully saturated rings. The van der Waals surface area contributed by atoms with Gasteiger partial charge < -0.3 is 14.3 Å². The third kappa shape index (κ3) is 2.31. The molecular weight excluding hydrogens is 300 g/mol. The van der Waals surface area contributed by atoms with Crippen molar-refractivity contribution in [3.8, 4) is 5.75 Å². The van der Waals surface area contributed by atoms with Gasteiger partial charge in [0.25, 0.3) is 0 Å². The van der Waals surface area contributed by atoms with Gasteiger partial charge in [-0.2, -0.15) is 0 Å². The van der Waals surface area contributed by atoms with E-state index in [1.807, 2.05) is 44.2 Å². The van der Waals surface area contributed by atoms with E-state index < -0.39 is 5.60 Å². The monoisotopic (exact) mass is 322 g/mol. The number of hydrogen-bond acceptors (Lipinski definition) is 3. The molecule has 3 aromatic rings. The summed E-state index contributed by atoms with van der Waals surface area (Å²) in [6.07, 6.45) is 4.29. The lowest BCUT2D eigenvalue weighted by Gasteiger charge is -2.33. The van der Waals surface area contributed by atoms with Crippen LogP contribution >= 0.6 is 0 Å². The Morgan fingerprint density at radius 2 is 1.83 bits per heavy atom. The van der Waals surface area contributed by atoms with Gasteiger partial charge in [-0.25, -0.2) is 0 Å². The Morgan fingerprint density at radius 3 is 2.62 bits per heavy atom. The van der Waals surface area contributed by atoms with Crippen molar-refractivity contribution in [3.05, 3.63) is 65.6 Å². The lowest BCUT2D eigenvalue weighted by Crippen LogP contribution is -2.31. The minimum Gasteiger partial charge on any atom is -0.490 e. The minimum atomic E-state index is -1.00. The summed E-state index contributed by atoms with van der Waals surface area (Å²) in [4.78, 5) is 0. The highest BCUT2D eigenvalue weighted by atomic mass is 16.5. The zero-order valence-electron chi connectivity index (χ0n) is 14.1. The molecule has 1 heterocycles. The quantitative estimate of drug-likeness (QED) is 0.753. The van der Waals surface area contributed by atoms with E-state index in [2.05, 4.69) is 12.1 Å². The van der Waals surface area contributed by atoms with Crippen LogP contribution in [0.3, 0.4) is 0 Å². The fourth-order valence-electron chi connectivity index (χ4n) is 3.81. The molecule has 0 amide bonds. The van der Waals surface area contributed by atoms with Crippen LogP contribution < -0.4 is 4.74 Å². The molecule has 1 N–H and O–H groups in total. The number of hydrogen-bond donors (Lipinski definition) is 1. The molecule has 1 aliphatic rings. The standard InChI is InChI=1S/C21H22O3/c1-14(2)24-19-10-9-17(15-6-3-4-7-16(15)19)21(22)12-5-8-20-18(21)11-13-23-20/h3-4,6-7,9-11,13-14,22H,5,8,12H2,1-2H3. The second-order valence-electron chi connectivity index (χ2n) is 6.79. The van der Waals surface area contributed by atoms with Crippen LogP contribution in [0.1, 0.15) is 43.6 Å². The fourth-order valence-corrected chi connectivity index (χ4v) is 3.81. The van der Waals surface area contributed by atoms with Gasteiger partial charge in [0.05, 0.1) is 12.4 Å². The predicted molar refractivity (Wildman–Crippen MR) is 94.4 cm³/mol. The van der Waals surface area contributed by atoms with E-state index in [0.29, 0.717) is 6.42 Å². The lowest BCUT2D eigenvalue weighted by molar-refractivity contribution is 0.0604. The van der Waals surface area contributed by atoms with E-state index in [0.717, 1.165) is 46.3 Å². The van der Waals surface area contributed by atoms with Gasteiger partial charge in [-0.15, -0.1) is 0 Å². The van der Waals surface area contributed by atoms with Crippen LogP contribution in [0, 0.1) is 0 Å². The Balaban J connectivity index is 1.93. The lowest BCUT2D eigenvalue weighted by atomic mass is 9.76. The summed E-state index contributed by atoms with van der Waals surface area (Å²) in [5.74, 6) is 1.76. The summed E-state index contributed by atoms with van der Waals surface area (Å²) in [5, 5.41) is 13.6. The molecule has 0 saturated heterocycles. The smallest absolute Gasteiger partial charge is 0.127 e. The van der Waals surface area contributed by atoms with E-state index in [9.17, 15) is 5.11 Å². The highest BCUT2D eigenvalue weighted by Crippen LogP contribution is 2.44. The highest BCUT2D eigenvalue weighted by molar-refractivity contribution is 5.92. The zero-order valence-corrected chi connectivity index (χ0v) is 14.1. The van der Waals surface area contributed by atoms with Crippen molar-refractivity contribution in [2.24, 2.45) is 0 Å². The molecule has 0 radical (unpaired) electrons. The summed E-state index contributed by atoms with van der Waals surface area (Å²) >= 11 is 0. The Hall–Kier alpha value is -2.26. The molecule has 0 saturated carbocycles. The average molecular weight is 322 g/mol. The maximum absolute atomic E-state index is 11.6. The number of aliphatic hydroxyl groups is 1. The molecule has 0 bridgehead atoms. The summed E-state index contributed by atoms with van der Waals surface area (Å²) in [6, 6.07) is 14.0. The SMILES string of the molecule is CC(C)Oc1ccc(C2(O)CCCc3occc32)c2ccccc12. The van der Waals surface area contributed by atoms with E-state index in [4.69, 9.17) is 9.15 Å². The molecule has 1 atom stereocenters. The molecule has 24 heavy (non-hydrogen) atoms. The molecule has 124 valence electrons. The van der Waals surface area contributed by atoms with Crippen LogP contribution in [0.5, 0.6) is 5.75 Å². The van der Waals surface area contributed by atoms with Crippen molar-refractivity contribution in [1.82, 2.24) is 0 Å². The highest BCUT2D eigenvalue weighted by Gasteiger charge is 2.39. The average Bonchev–Trinajstić information content (AvgIpc) is 3.05. The number of ether oxygens (including phenoxy) is 1. The number of rotatable bonds is 3. The molecular formula is C21H22O3. The minimum absolute atomic E-state index is 0.109. The molecule has 1 aliphatic carbocycles. The van der Waals surface area contributed by atoms with Gasteiger partial charge in [-0.3, -0.25) is 0 Å². The van der Waals surface area contributed by atoms with Crippen molar-refractivity contribution < 1.29 is 14.3 Å². The molecule has 3 heteroatoms. The molecule has 3 nitrogen and oxygen atoms in total. The van der Waals surface area contributed by atoms with Crippen LogP contribution in [0.2, 0.25) is 0 Å². The van der Waals surface area contributed by atoms with Gasteiger partial charge in [0.1, 0.15) is 17.1 Å². The second-order valence-corrected chi connectivity index (χ2v) is 6.79. The summed E-state index contributed by atoms with van der Waals surface area (Å²) in [5.41, 5.74) is 0.823. The maximum atomic E-state index is 11.6. The maximum Gasteiger partial charge on any atom is 0.127 e. The Morgan fingerprint density at radius 1 is 1.04 bits per heavy atom. The van der Waals surface area contributed by atoms with Crippen molar-refractivity contribution in [1.29, 1.82) is 0 Å². The van der Waals surface area contributed by atoms with Crippen LogP contribution in [0.15, 0.2) is 53.1 Å². The number of furan rings is 1. The van der Waals surface area contributed by atoms with Crippen molar-refractivity contribution in [2.75, 3.05) is 0 Å². The molecule has 2 aromatic carbocycles. The van der Waals surface area contributed by atoms with Crippen LogP contribution in [-0.4, -0.2) is 11.2 Å². The van der Waals surface area contributed by atoms with Gasteiger partial charge in [0.15, 0.2) is 0 Å². The molecule has 0 spiro atoms. The summed E-state index contributed by atoms with van der Waals surface area (Å²) in [7, 11) is 0. The third-order valence-corrected chi connectivity index (χ3v) is 4.83. The second kappa shape index (κ2) is 5.67. The normalized spacial score (nSPS) is 20.3. The van der Waals surface area contributed by atoms with Crippen molar-refractivity contribution >= 4 is 10.8 Å². The van der Waals surface area contributed by atoms with Crippen LogP contribution in [0.25, 0.3) is 10.8 Å². The molecule has 4 rings (SSSR count). The van der Waals surface area contributed by atoms with E-state index in [1.54, 1.807) is 6.26 Å². The van der Waals surface area contributed by atoms with Gasteiger partial charge in [0.2, 0.25) is 0 Å². The Labute approximate surface area is 141 Å². The van der Waals surface area contributed by atoms with Gasteiger partial charge in [0, 0.05) is 17.4 Å². The van der Waals surface area contributed by atoms with Gasteiger partial charge >= 0.3 is 0 Å². The first-order valence-electron chi connectivity index (χ1n) is 8.58. The fraction of sp³-hybridized carbons (Fsp3) is 0.333. The van der Waals surface area contributed by atoms with Gasteiger partial charge in [-0.1, -0.05) is 30.3 Å². The Kier molecular flexibility index (Phi) is 3.61. The number of fused-ring (bicyclic) bond motifs is 2. The first-order chi connectivity index (χ1) is 11.6. The van der Waals surface area contributed by atoms with Crippen molar-refractivity contribution in [3.63, 3.8) is 0 Å². The van der Waals surface area contributed by atoms with E-state index in [-0.39, 0.29) is 6.10 Å². The molecule has 1 aromatic heterocycles. The Bertz CT molecular complexity index is 878. The first kappa shape index (κ1) is 15.3. The topological polar surface area (TPSA) is 42.6 Å². The largest absolute Gasteiger partial charge is 0.490 e. The number of benzene rings is 2. The predicted octanol–water partition coefficient (Wildman–Crippen LogP) is 4.79. The van der Waals surface area contributed by atoms with Crippen LogP contribution in [0.4, 0.5) is 0 Å². The molecule has 0 aliphatic heterocycles. The zero-order chi connectivity index (χ0) is 16.7. The van der Waals surface area contributed by atoms with E-state index >= 15 is 0 Å². The van der Waals surface area contributed by atoms with Gasteiger partial charge in [-0.05, 0) is 49.8 Å². The van der Waals surface area contributed by atoms with Crippen molar-refractivity contribution in [2.45, 2.75) is 44.8 Å². The first-order valence-corrected chi connectivity index (χ1v) is 8.58. The number of aryl methyl sites for hydroxylation is 1. The summed E-state index contributed by atoms with van der Waals surface area (Å²) in [6.45, 7) is 4.05. The molecule has 1 unspecified atom stereocenters. The van der Waals surface area contributed by atoms with E-state index in [1.165, 1.54) is 0 Å². The van der Waals surface area contributed by atoms with Crippen LogP contribution in [-0.2, 0) is 12.0 Å². The third-order valence-electron chi connectivity index (χ3n) is 4.83.